The third-order valence-electron chi connectivity index (χ3n) is 4.10. The summed E-state index contributed by atoms with van der Waals surface area (Å²) in [5, 5.41) is 0. The van der Waals surface area contributed by atoms with Crippen LogP contribution in [0, 0.1) is 0 Å². The van der Waals surface area contributed by atoms with Crippen molar-refractivity contribution in [1.82, 2.24) is 0 Å². The van der Waals surface area contributed by atoms with E-state index in [2.05, 4.69) is 0 Å². The number of furan rings is 1. The fraction of sp³-hybridized carbons (Fsp3) is 0.176. The number of allylic oxidation sites excluding steroid dienone is 2. The minimum Gasteiger partial charge on any atom is -0.463 e. The van der Waals surface area contributed by atoms with Crippen molar-refractivity contribution in [3.05, 3.63) is 58.9 Å². The summed E-state index contributed by atoms with van der Waals surface area (Å²) in [6.07, 6.45) is 4.38. The molecule has 0 N–H and O–H groups in total. The van der Waals surface area contributed by atoms with E-state index in [0.29, 0.717) is 17.7 Å². The number of esters is 1. The van der Waals surface area contributed by atoms with E-state index in [0.717, 1.165) is 16.7 Å². The highest BCUT2D eigenvalue weighted by atomic mass is 16.5. The molecule has 0 saturated heterocycles. The van der Waals surface area contributed by atoms with E-state index >= 15 is 0 Å². The maximum atomic E-state index is 12.6. The number of hydrogen-bond donors (Lipinski definition) is 0. The first-order valence-corrected chi connectivity index (χ1v) is 6.76. The van der Waals surface area contributed by atoms with Crippen molar-refractivity contribution in [2.24, 2.45) is 0 Å². The van der Waals surface area contributed by atoms with Crippen LogP contribution in [0.5, 0.6) is 0 Å². The molecule has 0 bridgehead atoms. The zero-order chi connectivity index (χ0) is 14.6. The molecule has 1 aromatic carbocycles. The van der Waals surface area contributed by atoms with Gasteiger partial charge in [-0.3, -0.25) is 4.79 Å². The zero-order valence-electron chi connectivity index (χ0n) is 11.4. The van der Waals surface area contributed by atoms with Gasteiger partial charge in [-0.05, 0) is 6.42 Å². The van der Waals surface area contributed by atoms with Gasteiger partial charge in [-0.2, -0.15) is 0 Å². The maximum absolute atomic E-state index is 12.6. The quantitative estimate of drug-likeness (QED) is 0.595. The molecule has 4 rings (SSSR count). The van der Waals surface area contributed by atoms with Crippen molar-refractivity contribution in [3.63, 3.8) is 0 Å². The molecule has 4 nitrogen and oxygen atoms in total. The molecule has 1 heterocycles. The van der Waals surface area contributed by atoms with Crippen LogP contribution in [0.25, 0.3) is 11.3 Å². The molecule has 2 aliphatic carbocycles. The molecule has 2 aliphatic rings. The lowest BCUT2D eigenvalue weighted by atomic mass is 9.77. The van der Waals surface area contributed by atoms with Gasteiger partial charge in [-0.1, -0.05) is 36.4 Å². The molecular formula is C17H12O4. The van der Waals surface area contributed by atoms with Gasteiger partial charge in [-0.15, -0.1) is 0 Å². The highest BCUT2D eigenvalue weighted by molar-refractivity contribution is 6.11. The summed E-state index contributed by atoms with van der Waals surface area (Å²) in [6, 6.07) is 7.34. The molecule has 0 saturated carbocycles. The molecule has 104 valence electrons. The number of carbonyl (C=O) groups excluding carboxylic acids is 2. The van der Waals surface area contributed by atoms with Crippen LogP contribution in [0.4, 0.5) is 0 Å². The Morgan fingerprint density at radius 3 is 2.81 bits per heavy atom. The van der Waals surface area contributed by atoms with Gasteiger partial charge in [-0.25, -0.2) is 4.79 Å². The predicted molar refractivity (Wildman–Crippen MR) is 75.4 cm³/mol. The second kappa shape index (κ2) is 4.19. The fourth-order valence-electron chi connectivity index (χ4n) is 3.17. The molecule has 0 spiro atoms. The smallest absolute Gasteiger partial charge is 0.374 e. The Balaban J connectivity index is 2.06. The molecule has 1 atom stereocenters. The van der Waals surface area contributed by atoms with Crippen molar-refractivity contribution in [2.75, 3.05) is 7.11 Å². The molecule has 4 heteroatoms. The molecule has 21 heavy (non-hydrogen) atoms. The van der Waals surface area contributed by atoms with Crippen molar-refractivity contribution in [2.45, 2.75) is 12.3 Å². The Morgan fingerprint density at radius 2 is 2.05 bits per heavy atom. The van der Waals surface area contributed by atoms with E-state index in [1.54, 1.807) is 6.07 Å². The summed E-state index contributed by atoms with van der Waals surface area (Å²) in [5.74, 6) is 0.0167. The number of hydrogen-bond acceptors (Lipinski definition) is 4. The van der Waals surface area contributed by atoms with E-state index in [-0.39, 0.29) is 17.5 Å². The number of ether oxygens (including phenoxy) is 1. The van der Waals surface area contributed by atoms with Crippen LogP contribution in [-0.2, 0) is 11.2 Å². The van der Waals surface area contributed by atoms with Gasteiger partial charge < -0.3 is 9.15 Å². The molecule has 0 amide bonds. The first-order chi connectivity index (χ1) is 10.2. The molecule has 0 radical (unpaired) electrons. The summed E-state index contributed by atoms with van der Waals surface area (Å²) in [5.41, 5.74) is 2.98. The normalized spacial score (nSPS) is 18.1. The molecule has 2 aromatic rings. The van der Waals surface area contributed by atoms with Gasteiger partial charge in [0.05, 0.1) is 13.0 Å². The Kier molecular flexibility index (Phi) is 2.42. The van der Waals surface area contributed by atoms with Crippen LogP contribution in [0.1, 0.15) is 38.0 Å². The van der Waals surface area contributed by atoms with Crippen molar-refractivity contribution >= 4 is 11.8 Å². The third kappa shape index (κ3) is 1.50. The van der Waals surface area contributed by atoms with Crippen LogP contribution < -0.4 is 0 Å². The largest absolute Gasteiger partial charge is 0.463 e. The van der Waals surface area contributed by atoms with Crippen molar-refractivity contribution < 1.29 is 18.7 Å². The summed E-state index contributed by atoms with van der Waals surface area (Å²) in [6.45, 7) is 0. The average Bonchev–Trinajstić information content (AvgIpc) is 2.92. The first-order valence-electron chi connectivity index (χ1n) is 6.76. The number of methoxy groups -OCH3 is 1. The SMILES string of the molecule is COC(=O)c1oc2c3c1CC=CC3C(=O)c1ccccc1-2. The second-order valence-electron chi connectivity index (χ2n) is 5.16. The summed E-state index contributed by atoms with van der Waals surface area (Å²) in [7, 11) is 1.33. The molecular weight excluding hydrogens is 268 g/mol. The summed E-state index contributed by atoms with van der Waals surface area (Å²) < 4.78 is 10.6. The number of ketones is 1. The van der Waals surface area contributed by atoms with Gasteiger partial charge in [0.2, 0.25) is 5.76 Å². The molecule has 1 unspecified atom stereocenters. The molecule has 0 aliphatic heterocycles. The Labute approximate surface area is 121 Å². The topological polar surface area (TPSA) is 56.5 Å². The van der Waals surface area contributed by atoms with E-state index in [4.69, 9.17) is 9.15 Å². The standard InChI is InChI=1S/C17H12O4/c1-20-17(19)16-12-8-4-7-11-13(12)15(21-16)10-6-3-2-5-9(10)14(11)18/h2-7,11H,8H2,1H3. The average molecular weight is 280 g/mol. The van der Waals surface area contributed by atoms with Crippen LogP contribution in [0.3, 0.4) is 0 Å². The molecule has 1 aromatic heterocycles. The Bertz CT molecular complexity index is 810. The van der Waals surface area contributed by atoms with Gasteiger partial charge in [0.25, 0.3) is 0 Å². The van der Waals surface area contributed by atoms with Gasteiger partial charge in [0.1, 0.15) is 5.76 Å². The highest BCUT2D eigenvalue weighted by Gasteiger charge is 2.39. The predicted octanol–water partition coefficient (Wildman–Crippen LogP) is 3.13. The number of benzene rings is 1. The lowest BCUT2D eigenvalue weighted by molar-refractivity contribution is 0.0564. The maximum Gasteiger partial charge on any atom is 0.374 e. The summed E-state index contributed by atoms with van der Waals surface area (Å²) >= 11 is 0. The minimum absolute atomic E-state index is 0.0486. The number of fused-ring (bicyclic) bond motifs is 2. The Hall–Kier alpha value is -2.62. The summed E-state index contributed by atoms with van der Waals surface area (Å²) in [4.78, 5) is 24.5. The van der Waals surface area contributed by atoms with Crippen LogP contribution in [0.15, 0.2) is 40.8 Å². The fourth-order valence-corrected chi connectivity index (χ4v) is 3.17. The van der Waals surface area contributed by atoms with Crippen molar-refractivity contribution in [1.29, 1.82) is 0 Å². The van der Waals surface area contributed by atoms with Gasteiger partial charge in [0, 0.05) is 22.3 Å². The second-order valence-corrected chi connectivity index (χ2v) is 5.16. The van der Waals surface area contributed by atoms with E-state index in [1.165, 1.54) is 7.11 Å². The molecule has 0 fully saturated rings. The number of carbonyl (C=O) groups is 2. The van der Waals surface area contributed by atoms with Crippen molar-refractivity contribution in [3.8, 4) is 11.3 Å². The van der Waals surface area contributed by atoms with E-state index in [1.807, 2.05) is 30.4 Å². The zero-order valence-corrected chi connectivity index (χ0v) is 11.4. The third-order valence-corrected chi connectivity index (χ3v) is 4.10. The van der Waals surface area contributed by atoms with Crippen LogP contribution in [0.2, 0.25) is 0 Å². The van der Waals surface area contributed by atoms with Crippen LogP contribution >= 0.6 is 0 Å². The van der Waals surface area contributed by atoms with E-state index in [9.17, 15) is 9.59 Å². The minimum atomic E-state index is -0.501. The monoisotopic (exact) mass is 280 g/mol. The lowest BCUT2D eigenvalue weighted by Crippen LogP contribution is -2.20. The number of rotatable bonds is 1. The van der Waals surface area contributed by atoms with Gasteiger partial charge in [0.15, 0.2) is 5.78 Å². The lowest BCUT2D eigenvalue weighted by Gasteiger charge is -2.23. The Morgan fingerprint density at radius 1 is 1.29 bits per heavy atom. The van der Waals surface area contributed by atoms with Gasteiger partial charge >= 0.3 is 5.97 Å². The first kappa shape index (κ1) is 12.1. The number of Topliss-reactive ketones (excluding diaryl/α,β-unsaturated/α-hetero) is 1. The van der Waals surface area contributed by atoms with Crippen LogP contribution in [-0.4, -0.2) is 18.9 Å². The van der Waals surface area contributed by atoms with E-state index < -0.39 is 5.97 Å². The highest BCUT2D eigenvalue weighted by Crippen LogP contribution is 2.46.